The number of aryl methyl sites for hydroxylation is 1. The third kappa shape index (κ3) is 4.02. The summed E-state index contributed by atoms with van der Waals surface area (Å²) < 4.78 is 5.09. The zero-order valence-corrected chi connectivity index (χ0v) is 15.3. The summed E-state index contributed by atoms with van der Waals surface area (Å²) in [6.07, 6.45) is 4.71. The number of likely N-dealkylation sites (tertiary alicyclic amines) is 1. The number of esters is 1. The molecule has 0 spiro atoms. The molecule has 0 aromatic carbocycles. The topological polar surface area (TPSA) is 82.4 Å². The Morgan fingerprint density at radius 1 is 1.40 bits per heavy atom. The minimum atomic E-state index is -0.172. The fraction of sp³-hybridized carbons (Fsp3) is 0.611. The SMILES string of the molecule is CCOC(=O)[C@@H]1CCCN(CC(=O)Nc2sc3c(c2C#N)CCC3)C1. The van der Waals surface area contributed by atoms with Crippen LogP contribution in [0, 0.1) is 17.2 Å². The molecule has 2 aliphatic rings. The van der Waals surface area contributed by atoms with Crippen molar-refractivity contribution in [2.24, 2.45) is 5.92 Å². The molecule has 0 unspecified atom stereocenters. The number of nitriles is 1. The van der Waals surface area contributed by atoms with Gasteiger partial charge in [0.25, 0.3) is 0 Å². The molecular formula is C18H23N3O3S. The van der Waals surface area contributed by atoms with Crippen LogP contribution in [0.1, 0.15) is 42.2 Å². The second-order valence-corrected chi connectivity index (χ2v) is 7.65. The van der Waals surface area contributed by atoms with Crippen molar-refractivity contribution >= 4 is 28.2 Å². The number of hydrogen-bond acceptors (Lipinski definition) is 6. The molecule has 1 amide bonds. The van der Waals surface area contributed by atoms with Crippen LogP contribution in [0.15, 0.2) is 0 Å². The van der Waals surface area contributed by atoms with E-state index in [2.05, 4.69) is 11.4 Å². The van der Waals surface area contributed by atoms with Crippen LogP contribution in [0.5, 0.6) is 0 Å². The van der Waals surface area contributed by atoms with Gasteiger partial charge in [0.05, 0.1) is 24.6 Å². The molecule has 0 radical (unpaired) electrons. The number of ether oxygens (including phenoxy) is 1. The van der Waals surface area contributed by atoms with E-state index in [4.69, 9.17) is 4.74 Å². The fourth-order valence-corrected chi connectivity index (χ4v) is 4.89. The molecule has 1 saturated heterocycles. The maximum Gasteiger partial charge on any atom is 0.310 e. The predicted molar refractivity (Wildman–Crippen MR) is 95.5 cm³/mol. The number of thiophene rings is 1. The lowest BCUT2D eigenvalue weighted by Gasteiger charge is -2.30. The average molecular weight is 361 g/mol. The highest BCUT2D eigenvalue weighted by atomic mass is 32.1. The molecule has 1 atom stereocenters. The summed E-state index contributed by atoms with van der Waals surface area (Å²) in [5, 5.41) is 13.0. The van der Waals surface area contributed by atoms with Crippen molar-refractivity contribution in [2.45, 2.75) is 39.0 Å². The van der Waals surface area contributed by atoms with Crippen LogP contribution < -0.4 is 5.32 Å². The third-order valence-corrected chi connectivity index (χ3v) is 5.99. The Kier molecular flexibility index (Phi) is 5.71. The highest BCUT2D eigenvalue weighted by Gasteiger charge is 2.28. The lowest BCUT2D eigenvalue weighted by Crippen LogP contribution is -2.43. The molecule has 1 N–H and O–H groups in total. The zero-order valence-electron chi connectivity index (χ0n) is 14.5. The molecule has 1 fully saturated rings. The molecule has 6 nitrogen and oxygen atoms in total. The zero-order chi connectivity index (χ0) is 17.8. The highest BCUT2D eigenvalue weighted by molar-refractivity contribution is 7.16. The van der Waals surface area contributed by atoms with Crippen LogP contribution in [-0.4, -0.2) is 43.0 Å². The number of amides is 1. The van der Waals surface area contributed by atoms with Crippen LogP contribution in [0.25, 0.3) is 0 Å². The van der Waals surface area contributed by atoms with Crippen molar-refractivity contribution in [3.8, 4) is 6.07 Å². The quantitative estimate of drug-likeness (QED) is 0.814. The summed E-state index contributed by atoms with van der Waals surface area (Å²) in [6.45, 7) is 3.78. The Balaban J connectivity index is 1.58. The summed E-state index contributed by atoms with van der Waals surface area (Å²) in [5.41, 5.74) is 1.75. The van der Waals surface area contributed by atoms with Crippen molar-refractivity contribution in [3.63, 3.8) is 0 Å². The van der Waals surface area contributed by atoms with Gasteiger partial charge in [-0.2, -0.15) is 5.26 Å². The monoisotopic (exact) mass is 361 g/mol. The first-order valence-electron chi connectivity index (χ1n) is 8.85. The Morgan fingerprint density at radius 3 is 3.00 bits per heavy atom. The minimum absolute atomic E-state index is 0.124. The molecular weight excluding hydrogens is 338 g/mol. The first-order valence-corrected chi connectivity index (χ1v) is 9.67. The minimum Gasteiger partial charge on any atom is -0.466 e. The Bertz CT molecular complexity index is 707. The molecule has 2 heterocycles. The van der Waals surface area contributed by atoms with Crippen molar-refractivity contribution < 1.29 is 14.3 Å². The van der Waals surface area contributed by atoms with Gasteiger partial charge in [0, 0.05) is 11.4 Å². The average Bonchev–Trinajstić information content (AvgIpc) is 3.15. The van der Waals surface area contributed by atoms with Crippen LogP contribution in [-0.2, 0) is 27.2 Å². The van der Waals surface area contributed by atoms with E-state index in [0.29, 0.717) is 23.7 Å². The van der Waals surface area contributed by atoms with Gasteiger partial charge in [-0.3, -0.25) is 14.5 Å². The van der Waals surface area contributed by atoms with Gasteiger partial charge >= 0.3 is 5.97 Å². The van der Waals surface area contributed by atoms with E-state index >= 15 is 0 Å². The van der Waals surface area contributed by atoms with Gasteiger partial charge in [-0.25, -0.2) is 0 Å². The van der Waals surface area contributed by atoms with E-state index < -0.39 is 0 Å². The van der Waals surface area contributed by atoms with Gasteiger partial charge in [0.2, 0.25) is 5.91 Å². The lowest BCUT2D eigenvalue weighted by molar-refractivity contribution is -0.150. The van der Waals surface area contributed by atoms with Crippen molar-refractivity contribution in [2.75, 3.05) is 31.6 Å². The number of nitrogens with one attached hydrogen (secondary N) is 1. The molecule has 25 heavy (non-hydrogen) atoms. The summed E-state index contributed by atoms with van der Waals surface area (Å²) in [5.74, 6) is -0.448. The first kappa shape index (κ1) is 17.9. The van der Waals surface area contributed by atoms with Gasteiger partial charge in [-0.1, -0.05) is 0 Å². The second-order valence-electron chi connectivity index (χ2n) is 6.55. The normalized spacial score (nSPS) is 19.9. The number of fused-ring (bicyclic) bond motifs is 1. The van der Waals surface area contributed by atoms with Crippen LogP contribution in [0.2, 0.25) is 0 Å². The van der Waals surface area contributed by atoms with Gasteiger partial charge in [-0.05, 0) is 51.1 Å². The number of carbonyl (C=O) groups excluding carboxylic acids is 2. The molecule has 0 saturated carbocycles. The van der Waals surface area contributed by atoms with E-state index in [9.17, 15) is 14.9 Å². The molecule has 7 heteroatoms. The summed E-state index contributed by atoms with van der Waals surface area (Å²) >= 11 is 1.53. The molecule has 1 aliphatic carbocycles. The second kappa shape index (κ2) is 7.98. The maximum absolute atomic E-state index is 12.4. The lowest BCUT2D eigenvalue weighted by atomic mass is 9.98. The van der Waals surface area contributed by atoms with E-state index in [1.54, 1.807) is 6.92 Å². The molecule has 0 bridgehead atoms. The Morgan fingerprint density at radius 2 is 2.24 bits per heavy atom. The number of anilines is 1. The van der Waals surface area contributed by atoms with Crippen LogP contribution in [0.3, 0.4) is 0 Å². The van der Waals surface area contributed by atoms with Crippen LogP contribution in [0.4, 0.5) is 5.00 Å². The van der Waals surface area contributed by atoms with Gasteiger partial charge in [0.1, 0.15) is 11.1 Å². The van der Waals surface area contributed by atoms with Crippen molar-refractivity contribution in [1.29, 1.82) is 5.26 Å². The summed E-state index contributed by atoms with van der Waals surface area (Å²) in [6, 6.07) is 2.24. The number of hydrogen-bond donors (Lipinski definition) is 1. The van der Waals surface area contributed by atoms with E-state index in [0.717, 1.165) is 44.2 Å². The molecule has 1 aromatic heterocycles. The molecule has 3 rings (SSSR count). The first-order chi connectivity index (χ1) is 12.1. The maximum atomic E-state index is 12.4. The van der Waals surface area contributed by atoms with Gasteiger partial charge < -0.3 is 10.1 Å². The van der Waals surface area contributed by atoms with E-state index in [-0.39, 0.29) is 24.3 Å². The Hall–Kier alpha value is -1.91. The number of carbonyl (C=O) groups is 2. The largest absolute Gasteiger partial charge is 0.466 e. The van der Waals surface area contributed by atoms with E-state index in [1.165, 1.54) is 16.2 Å². The highest BCUT2D eigenvalue weighted by Crippen LogP contribution is 2.38. The number of piperidine rings is 1. The van der Waals surface area contributed by atoms with Crippen molar-refractivity contribution in [3.05, 3.63) is 16.0 Å². The molecule has 1 aromatic rings. The smallest absolute Gasteiger partial charge is 0.310 e. The number of rotatable bonds is 5. The van der Waals surface area contributed by atoms with Gasteiger partial charge in [0.15, 0.2) is 0 Å². The van der Waals surface area contributed by atoms with Gasteiger partial charge in [-0.15, -0.1) is 11.3 Å². The molecule has 1 aliphatic heterocycles. The van der Waals surface area contributed by atoms with E-state index in [1.807, 2.05) is 4.90 Å². The third-order valence-electron chi connectivity index (χ3n) is 4.78. The predicted octanol–water partition coefficient (Wildman–Crippen LogP) is 2.32. The Labute approximate surface area is 151 Å². The number of nitrogens with zero attached hydrogens (tertiary/aromatic N) is 2. The standard InChI is InChI=1S/C18H23N3O3S/c1-2-24-18(23)12-5-4-8-21(10-12)11-16(22)20-17-14(9-19)13-6-3-7-15(13)25-17/h12H,2-8,10-11H2,1H3,(H,20,22)/t12-/m1/s1. The summed E-state index contributed by atoms with van der Waals surface area (Å²) in [4.78, 5) is 27.5. The molecule has 134 valence electrons. The van der Waals surface area contributed by atoms with Crippen molar-refractivity contribution in [1.82, 2.24) is 4.90 Å². The summed E-state index contributed by atoms with van der Waals surface area (Å²) in [7, 11) is 0. The van der Waals surface area contributed by atoms with Crippen LogP contribution >= 0.6 is 11.3 Å². The fourth-order valence-electron chi connectivity index (χ4n) is 3.63.